The van der Waals surface area contributed by atoms with Gasteiger partial charge in [0.15, 0.2) is 0 Å². The lowest BCUT2D eigenvalue weighted by Gasteiger charge is -2.39. The van der Waals surface area contributed by atoms with Crippen molar-refractivity contribution in [3.05, 3.63) is 71.8 Å². The van der Waals surface area contributed by atoms with Crippen LogP contribution in [0.3, 0.4) is 0 Å². The van der Waals surface area contributed by atoms with Crippen molar-refractivity contribution >= 4 is 5.91 Å². The van der Waals surface area contributed by atoms with Crippen molar-refractivity contribution in [2.45, 2.75) is 18.8 Å². The Morgan fingerprint density at radius 1 is 0.950 bits per heavy atom. The summed E-state index contributed by atoms with van der Waals surface area (Å²) in [6, 6.07) is 20.7. The van der Waals surface area contributed by atoms with Gasteiger partial charge in [0, 0.05) is 25.4 Å². The van der Waals surface area contributed by atoms with Crippen LogP contribution in [0.25, 0.3) is 0 Å². The molecule has 1 aliphatic rings. The molecule has 2 nitrogen and oxygen atoms in total. The Morgan fingerprint density at radius 2 is 1.55 bits per heavy atom. The molecule has 1 fully saturated rings. The molecule has 1 aliphatic heterocycles. The van der Waals surface area contributed by atoms with Crippen LogP contribution in [-0.4, -0.2) is 23.9 Å². The fourth-order valence-electron chi connectivity index (χ4n) is 2.67. The van der Waals surface area contributed by atoms with Crippen molar-refractivity contribution in [3.8, 4) is 0 Å². The first-order chi connectivity index (χ1) is 9.83. The van der Waals surface area contributed by atoms with Gasteiger partial charge in [-0.3, -0.25) is 4.79 Å². The van der Waals surface area contributed by atoms with E-state index < -0.39 is 0 Å². The topological polar surface area (TPSA) is 20.3 Å². The van der Waals surface area contributed by atoms with Crippen LogP contribution in [0.4, 0.5) is 0 Å². The van der Waals surface area contributed by atoms with Crippen LogP contribution in [0, 0.1) is 0 Å². The highest BCUT2D eigenvalue weighted by Crippen LogP contribution is 2.27. The molecule has 20 heavy (non-hydrogen) atoms. The first-order valence-corrected chi connectivity index (χ1v) is 7.19. The lowest BCUT2D eigenvalue weighted by molar-refractivity contribution is -0.135. The summed E-state index contributed by atoms with van der Waals surface area (Å²) in [7, 11) is 0. The maximum Gasteiger partial charge on any atom is 0.222 e. The van der Waals surface area contributed by atoms with E-state index in [9.17, 15) is 4.79 Å². The zero-order valence-corrected chi connectivity index (χ0v) is 11.5. The van der Waals surface area contributed by atoms with Crippen LogP contribution in [-0.2, 0) is 11.2 Å². The summed E-state index contributed by atoms with van der Waals surface area (Å²) in [6.45, 7) is 1.75. The largest absolute Gasteiger partial charge is 0.341 e. The van der Waals surface area contributed by atoms with E-state index in [1.165, 1.54) is 11.1 Å². The molecule has 1 amide bonds. The van der Waals surface area contributed by atoms with Gasteiger partial charge in [-0.2, -0.15) is 0 Å². The van der Waals surface area contributed by atoms with Gasteiger partial charge in [0.25, 0.3) is 0 Å². The van der Waals surface area contributed by atoms with Crippen molar-refractivity contribution in [2.24, 2.45) is 0 Å². The number of carbonyl (C=O) groups is 1. The molecule has 102 valence electrons. The summed E-state index contributed by atoms with van der Waals surface area (Å²) in [5.74, 6) is 0.804. The molecule has 0 bridgehead atoms. The van der Waals surface area contributed by atoms with Crippen LogP contribution in [0.2, 0.25) is 0 Å². The highest BCUT2D eigenvalue weighted by molar-refractivity contribution is 5.77. The summed E-state index contributed by atoms with van der Waals surface area (Å²) in [6.07, 6.45) is 1.46. The predicted octanol–water partition coefficient (Wildman–Crippen LogP) is 3.25. The predicted molar refractivity (Wildman–Crippen MR) is 80.5 cm³/mol. The van der Waals surface area contributed by atoms with E-state index in [4.69, 9.17) is 0 Å². The van der Waals surface area contributed by atoms with E-state index in [1.54, 1.807) is 0 Å². The molecule has 3 rings (SSSR count). The van der Waals surface area contributed by atoms with Gasteiger partial charge in [0.05, 0.1) is 0 Å². The summed E-state index contributed by atoms with van der Waals surface area (Å²) >= 11 is 0. The Bertz CT molecular complexity index is 558. The van der Waals surface area contributed by atoms with Crippen LogP contribution < -0.4 is 0 Å². The summed E-state index contributed by atoms with van der Waals surface area (Å²) in [5, 5.41) is 0. The standard InChI is InChI=1S/C18H19NO/c20-18(12-11-15-7-3-1-4-8-15)19-13-17(14-19)16-9-5-2-6-10-16/h1-10,17H,11-14H2. The minimum Gasteiger partial charge on any atom is -0.341 e. The fraction of sp³-hybridized carbons (Fsp3) is 0.278. The molecule has 1 saturated heterocycles. The average Bonchev–Trinajstić information content (AvgIpc) is 2.46. The molecular formula is C18H19NO. The SMILES string of the molecule is O=C(CCc1ccccc1)N1CC(c2ccccc2)C1. The molecule has 0 radical (unpaired) electrons. The maximum atomic E-state index is 12.1. The van der Waals surface area contributed by atoms with E-state index in [0.29, 0.717) is 12.3 Å². The average molecular weight is 265 g/mol. The summed E-state index contributed by atoms with van der Waals surface area (Å²) in [5.41, 5.74) is 2.58. The molecule has 2 aromatic carbocycles. The number of benzene rings is 2. The van der Waals surface area contributed by atoms with Crippen molar-refractivity contribution in [2.75, 3.05) is 13.1 Å². The van der Waals surface area contributed by atoms with Gasteiger partial charge in [0.2, 0.25) is 5.91 Å². The zero-order valence-electron chi connectivity index (χ0n) is 11.5. The second kappa shape index (κ2) is 5.91. The van der Waals surface area contributed by atoms with Gasteiger partial charge in [-0.05, 0) is 17.5 Å². The van der Waals surface area contributed by atoms with Gasteiger partial charge in [-0.15, -0.1) is 0 Å². The van der Waals surface area contributed by atoms with E-state index >= 15 is 0 Å². The monoisotopic (exact) mass is 265 g/mol. The number of nitrogens with zero attached hydrogens (tertiary/aromatic N) is 1. The number of aryl methyl sites for hydroxylation is 1. The van der Waals surface area contributed by atoms with E-state index in [1.807, 2.05) is 29.2 Å². The van der Waals surface area contributed by atoms with Gasteiger partial charge in [-0.1, -0.05) is 60.7 Å². The molecular weight excluding hydrogens is 246 g/mol. The summed E-state index contributed by atoms with van der Waals surface area (Å²) < 4.78 is 0. The van der Waals surface area contributed by atoms with Gasteiger partial charge < -0.3 is 4.90 Å². The Labute approximate surface area is 120 Å². The molecule has 0 aliphatic carbocycles. The Morgan fingerprint density at radius 3 is 2.20 bits per heavy atom. The Hall–Kier alpha value is -2.09. The van der Waals surface area contributed by atoms with E-state index in [2.05, 4.69) is 36.4 Å². The molecule has 0 N–H and O–H groups in total. The normalized spacial score (nSPS) is 14.9. The number of likely N-dealkylation sites (tertiary alicyclic amines) is 1. The Kier molecular flexibility index (Phi) is 3.82. The van der Waals surface area contributed by atoms with E-state index in [0.717, 1.165) is 19.5 Å². The van der Waals surface area contributed by atoms with Crippen molar-refractivity contribution in [1.29, 1.82) is 0 Å². The summed E-state index contributed by atoms with van der Waals surface area (Å²) in [4.78, 5) is 14.1. The third-order valence-corrected chi connectivity index (χ3v) is 3.98. The fourth-order valence-corrected chi connectivity index (χ4v) is 2.67. The molecule has 2 heteroatoms. The smallest absolute Gasteiger partial charge is 0.222 e. The lowest BCUT2D eigenvalue weighted by atomic mass is 9.91. The van der Waals surface area contributed by atoms with Crippen LogP contribution >= 0.6 is 0 Å². The lowest BCUT2D eigenvalue weighted by Crippen LogP contribution is -2.48. The van der Waals surface area contributed by atoms with Crippen LogP contribution in [0.5, 0.6) is 0 Å². The second-order valence-corrected chi connectivity index (χ2v) is 5.39. The molecule has 2 aromatic rings. The van der Waals surface area contributed by atoms with E-state index in [-0.39, 0.29) is 5.91 Å². The molecule has 0 aromatic heterocycles. The number of rotatable bonds is 4. The van der Waals surface area contributed by atoms with Crippen LogP contribution in [0.15, 0.2) is 60.7 Å². The van der Waals surface area contributed by atoms with Crippen molar-refractivity contribution in [1.82, 2.24) is 4.90 Å². The maximum absolute atomic E-state index is 12.1. The van der Waals surface area contributed by atoms with Crippen LogP contribution in [0.1, 0.15) is 23.5 Å². The Balaban J connectivity index is 1.47. The highest BCUT2D eigenvalue weighted by Gasteiger charge is 2.30. The minimum atomic E-state index is 0.279. The van der Waals surface area contributed by atoms with Gasteiger partial charge in [0.1, 0.15) is 0 Å². The second-order valence-electron chi connectivity index (χ2n) is 5.39. The molecule has 0 spiro atoms. The first kappa shape index (κ1) is 12.9. The number of amides is 1. The molecule has 0 saturated carbocycles. The number of hydrogen-bond donors (Lipinski definition) is 0. The molecule has 0 unspecified atom stereocenters. The molecule has 1 heterocycles. The molecule has 0 atom stereocenters. The highest BCUT2D eigenvalue weighted by atomic mass is 16.2. The zero-order chi connectivity index (χ0) is 13.8. The number of carbonyl (C=O) groups excluding carboxylic acids is 1. The first-order valence-electron chi connectivity index (χ1n) is 7.19. The van der Waals surface area contributed by atoms with Gasteiger partial charge >= 0.3 is 0 Å². The quantitative estimate of drug-likeness (QED) is 0.831. The third-order valence-electron chi connectivity index (χ3n) is 3.98. The third kappa shape index (κ3) is 2.90. The van der Waals surface area contributed by atoms with Gasteiger partial charge in [-0.25, -0.2) is 0 Å². The van der Waals surface area contributed by atoms with Crippen molar-refractivity contribution in [3.63, 3.8) is 0 Å². The minimum absolute atomic E-state index is 0.279. The van der Waals surface area contributed by atoms with Crippen molar-refractivity contribution < 1.29 is 4.79 Å². The number of hydrogen-bond acceptors (Lipinski definition) is 1.